The van der Waals surface area contributed by atoms with Crippen LogP contribution in [-0.2, 0) is 24.2 Å². The van der Waals surface area contributed by atoms with Crippen molar-refractivity contribution in [2.75, 3.05) is 19.6 Å². The van der Waals surface area contributed by atoms with Crippen molar-refractivity contribution in [2.24, 2.45) is 0 Å². The second-order valence-electron chi connectivity index (χ2n) is 14.5. The van der Waals surface area contributed by atoms with Gasteiger partial charge in [-0.1, -0.05) is 6.07 Å². The highest BCUT2D eigenvalue weighted by Crippen LogP contribution is 2.32. The van der Waals surface area contributed by atoms with Crippen LogP contribution in [0.25, 0.3) is 27.9 Å². The molecule has 274 valence electrons. The van der Waals surface area contributed by atoms with Crippen LogP contribution in [0.2, 0.25) is 5.28 Å². The second kappa shape index (κ2) is 13.4. The molecule has 6 heterocycles. The summed E-state index contributed by atoms with van der Waals surface area (Å²) in [5.41, 5.74) is 3.98. The van der Waals surface area contributed by atoms with Gasteiger partial charge in [-0.05, 0) is 99.3 Å². The lowest BCUT2D eigenvalue weighted by atomic mass is 10.0. The molecular weight excluding hydrogens is 713 g/mol. The van der Waals surface area contributed by atoms with Gasteiger partial charge in [0.1, 0.15) is 22.6 Å². The highest BCUT2D eigenvalue weighted by atomic mass is 35.5. The molecule has 0 radical (unpaired) electrons. The lowest BCUT2D eigenvalue weighted by Crippen LogP contribution is -2.36. The van der Waals surface area contributed by atoms with Crippen LogP contribution in [0.4, 0.5) is 9.18 Å². The molecule has 1 fully saturated rings. The van der Waals surface area contributed by atoms with Gasteiger partial charge in [0.25, 0.3) is 5.91 Å². The van der Waals surface area contributed by atoms with E-state index in [1.165, 1.54) is 16.8 Å². The third-order valence-electron chi connectivity index (χ3n) is 9.95. The van der Waals surface area contributed by atoms with Gasteiger partial charge in [0.15, 0.2) is 5.65 Å². The van der Waals surface area contributed by atoms with E-state index >= 15 is 4.39 Å². The van der Waals surface area contributed by atoms with Gasteiger partial charge >= 0.3 is 11.8 Å². The highest BCUT2D eigenvalue weighted by molar-refractivity contribution is 6.28. The lowest BCUT2D eigenvalue weighted by molar-refractivity contribution is 0.0289. The fraction of sp³-hybridized carbons (Fsp3) is 0.308. The lowest BCUT2D eigenvalue weighted by Gasteiger charge is -2.29. The second-order valence-corrected chi connectivity index (χ2v) is 14.9. The number of pyridine rings is 1. The molecule has 1 saturated heterocycles. The summed E-state index contributed by atoms with van der Waals surface area (Å²) in [6, 6.07) is 16.7. The quantitative estimate of drug-likeness (QED) is 0.195. The molecule has 2 aliphatic rings. The van der Waals surface area contributed by atoms with E-state index in [-0.39, 0.29) is 48.1 Å². The number of hydrogen-bond donors (Lipinski definition) is 0. The van der Waals surface area contributed by atoms with Crippen LogP contribution in [0.3, 0.4) is 0 Å². The normalized spacial score (nSPS) is 15.8. The van der Waals surface area contributed by atoms with Crippen molar-refractivity contribution in [3.8, 4) is 11.8 Å². The van der Waals surface area contributed by atoms with Gasteiger partial charge in [-0.3, -0.25) is 13.9 Å². The Morgan fingerprint density at radius 1 is 1.06 bits per heavy atom. The Bertz CT molecular complexity index is 2580. The third kappa shape index (κ3) is 6.24. The molecule has 2 aromatic carbocycles. The van der Waals surface area contributed by atoms with E-state index < -0.39 is 17.5 Å². The molecule has 13 nitrogen and oxygen atoms in total. The molecule has 0 bridgehead atoms. The van der Waals surface area contributed by atoms with Crippen molar-refractivity contribution in [1.29, 1.82) is 5.26 Å². The predicted octanol–water partition coefficient (Wildman–Crippen LogP) is 6.02. The molecular formula is C39H35ClFN9O4. The fourth-order valence-corrected chi connectivity index (χ4v) is 7.59. The molecule has 8 rings (SSSR count). The SMILES string of the molecule is CC(C)(C)OC(=O)N1CC[C@H](n2c(=O)n(-c3ccc(C(=O)N4CCc5c(n(Cc6ccc(C#N)cc6F)c6ncccc56)C4)cc3)c3cnc(Cl)nc32)C1. The van der Waals surface area contributed by atoms with E-state index in [0.717, 1.165) is 16.6 Å². The first-order valence-corrected chi connectivity index (χ1v) is 17.9. The summed E-state index contributed by atoms with van der Waals surface area (Å²) in [5, 5.41) is 10.1. The number of likely N-dealkylation sites (tertiary alicyclic amines) is 1. The van der Waals surface area contributed by atoms with Crippen LogP contribution in [-0.4, -0.2) is 75.7 Å². The average molecular weight is 748 g/mol. The number of nitrogens with zero attached hydrogens (tertiary/aromatic N) is 9. The number of rotatable bonds is 5. The number of fused-ring (bicyclic) bond motifs is 4. The van der Waals surface area contributed by atoms with Crippen molar-refractivity contribution in [1.82, 2.24) is 38.5 Å². The Kier molecular flexibility index (Phi) is 8.69. The molecule has 0 saturated carbocycles. The zero-order valence-corrected chi connectivity index (χ0v) is 30.5. The Hall–Kier alpha value is -6.07. The van der Waals surface area contributed by atoms with E-state index in [4.69, 9.17) is 16.3 Å². The number of imidazole rings is 1. The minimum Gasteiger partial charge on any atom is -0.444 e. The largest absolute Gasteiger partial charge is 0.444 e. The summed E-state index contributed by atoms with van der Waals surface area (Å²) in [7, 11) is 0. The van der Waals surface area contributed by atoms with E-state index in [1.54, 1.807) is 77.7 Å². The van der Waals surface area contributed by atoms with Crippen LogP contribution in [0.15, 0.2) is 71.8 Å². The van der Waals surface area contributed by atoms with Crippen molar-refractivity contribution >= 4 is 45.8 Å². The number of benzene rings is 2. The van der Waals surface area contributed by atoms with Gasteiger partial charge in [-0.25, -0.2) is 23.9 Å². The molecule has 0 unspecified atom stereocenters. The number of carbonyl (C=O) groups is 2. The van der Waals surface area contributed by atoms with Crippen LogP contribution in [0.1, 0.15) is 66.0 Å². The van der Waals surface area contributed by atoms with Crippen LogP contribution < -0.4 is 5.69 Å². The van der Waals surface area contributed by atoms with E-state index in [9.17, 15) is 19.6 Å². The maximum absolute atomic E-state index is 15.0. The molecule has 54 heavy (non-hydrogen) atoms. The van der Waals surface area contributed by atoms with Crippen molar-refractivity contribution in [2.45, 2.75) is 58.3 Å². The number of halogens is 2. The third-order valence-corrected chi connectivity index (χ3v) is 10.1. The molecule has 15 heteroatoms. The smallest absolute Gasteiger partial charge is 0.410 e. The first kappa shape index (κ1) is 35.0. The van der Waals surface area contributed by atoms with Gasteiger partial charge in [0, 0.05) is 48.0 Å². The first-order chi connectivity index (χ1) is 25.9. The number of nitriles is 1. The molecule has 1 atom stereocenters. The minimum absolute atomic E-state index is 0.0158. The Labute approximate surface area is 313 Å². The number of carbonyl (C=O) groups excluding carboxylic acids is 2. The molecule has 0 aliphatic carbocycles. The van der Waals surface area contributed by atoms with Crippen LogP contribution in [0.5, 0.6) is 0 Å². The topological polar surface area (TPSA) is 144 Å². The monoisotopic (exact) mass is 747 g/mol. The molecule has 6 aromatic rings. The molecule has 0 N–H and O–H groups in total. The van der Waals surface area contributed by atoms with E-state index in [0.29, 0.717) is 59.6 Å². The van der Waals surface area contributed by atoms with Gasteiger partial charge < -0.3 is 19.1 Å². The number of ether oxygens (including phenoxy) is 1. The maximum atomic E-state index is 15.0. The molecule has 2 aliphatic heterocycles. The zero-order chi connectivity index (χ0) is 37.9. The van der Waals surface area contributed by atoms with Gasteiger partial charge in [-0.15, -0.1) is 0 Å². The summed E-state index contributed by atoms with van der Waals surface area (Å²) < 4.78 is 25.6. The van der Waals surface area contributed by atoms with Gasteiger partial charge in [0.2, 0.25) is 5.28 Å². The first-order valence-electron chi connectivity index (χ1n) is 17.6. The molecule has 2 amide bonds. The van der Waals surface area contributed by atoms with Gasteiger partial charge in [-0.2, -0.15) is 10.2 Å². The number of amides is 2. The van der Waals surface area contributed by atoms with Crippen molar-refractivity contribution < 1.29 is 18.7 Å². The minimum atomic E-state index is -0.654. The van der Waals surface area contributed by atoms with Crippen LogP contribution >= 0.6 is 11.6 Å². The van der Waals surface area contributed by atoms with Gasteiger partial charge in [0.05, 0.1) is 42.6 Å². The summed E-state index contributed by atoms with van der Waals surface area (Å²) >= 11 is 6.20. The summed E-state index contributed by atoms with van der Waals surface area (Å²) in [4.78, 5) is 57.4. The summed E-state index contributed by atoms with van der Waals surface area (Å²) in [6.07, 6.45) is 3.85. The maximum Gasteiger partial charge on any atom is 0.410 e. The Morgan fingerprint density at radius 2 is 1.85 bits per heavy atom. The fourth-order valence-electron chi connectivity index (χ4n) is 7.46. The predicted molar refractivity (Wildman–Crippen MR) is 198 cm³/mol. The summed E-state index contributed by atoms with van der Waals surface area (Å²) in [5.74, 6) is -0.674. The zero-order valence-electron chi connectivity index (χ0n) is 29.8. The molecule has 4 aromatic heterocycles. The van der Waals surface area contributed by atoms with Crippen molar-refractivity contribution in [3.05, 3.63) is 117 Å². The molecule has 0 spiro atoms. The average Bonchev–Trinajstić information content (AvgIpc) is 3.84. The Balaban J connectivity index is 1.07. The Morgan fingerprint density at radius 3 is 2.59 bits per heavy atom. The number of hydrogen-bond acceptors (Lipinski definition) is 8. The van der Waals surface area contributed by atoms with Crippen molar-refractivity contribution in [3.63, 3.8) is 0 Å². The van der Waals surface area contributed by atoms with Crippen LogP contribution in [0, 0.1) is 17.1 Å². The standard InChI is InChI=1S/C39H35ClFN9O4/c1-39(2,3)54-38(53)47-15-12-27(21-47)50-34-31(19-44-36(40)45-34)49(37(50)52)26-10-8-24(9-11-26)35(51)46-16-13-28-29-5-4-14-43-33(29)48(32(28)22-46)20-25-7-6-23(18-42)17-30(25)41/h4-11,14,17,19,27H,12-13,15-16,20-22H2,1-3H3/t27-/m0/s1. The summed E-state index contributed by atoms with van der Waals surface area (Å²) in [6.45, 7) is 7.04. The number of aromatic nitrogens is 6. The van der Waals surface area contributed by atoms with E-state index in [2.05, 4.69) is 15.0 Å². The van der Waals surface area contributed by atoms with E-state index in [1.807, 2.05) is 22.8 Å². The highest BCUT2D eigenvalue weighted by Gasteiger charge is 2.34.